The number of para-hydroxylation sites is 2. The molecule has 0 radical (unpaired) electrons. The van der Waals surface area contributed by atoms with Crippen LogP contribution in [0.1, 0.15) is 50.7 Å². The lowest BCUT2D eigenvalue weighted by molar-refractivity contribution is -0.123. The van der Waals surface area contributed by atoms with Crippen molar-refractivity contribution in [2.75, 3.05) is 7.11 Å². The molecule has 0 bridgehead atoms. The Balaban J connectivity index is 1.75. The van der Waals surface area contributed by atoms with Crippen LogP contribution < -0.4 is 15.4 Å². The van der Waals surface area contributed by atoms with Gasteiger partial charge in [0, 0.05) is 13.5 Å². The summed E-state index contributed by atoms with van der Waals surface area (Å²) in [5, 5.41) is 5.89. The Kier molecular flexibility index (Phi) is 6.72. The van der Waals surface area contributed by atoms with Crippen LogP contribution in [0, 0.1) is 0 Å². The van der Waals surface area contributed by atoms with Gasteiger partial charge in [0.15, 0.2) is 0 Å². The van der Waals surface area contributed by atoms with Gasteiger partial charge in [-0.3, -0.25) is 9.59 Å². The molecular weight excluding hydrogens is 380 g/mol. The molecule has 0 aliphatic heterocycles. The highest BCUT2D eigenvalue weighted by molar-refractivity contribution is 5.80. The van der Waals surface area contributed by atoms with E-state index in [0.717, 1.165) is 34.7 Å². The number of hydrogen-bond acceptors (Lipinski definition) is 4. The molecule has 7 nitrogen and oxygen atoms in total. The highest BCUT2D eigenvalue weighted by Crippen LogP contribution is 2.23. The van der Waals surface area contributed by atoms with Crippen molar-refractivity contribution in [2.24, 2.45) is 0 Å². The zero-order valence-corrected chi connectivity index (χ0v) is 17.8. The molecule has 0 saturated carbocycles. The van der Waals surface area contributed by atoms with E-state index < -0.39 is 6.04 Å². The summed E-state index contributed by atoms with van der Waals surface area (Å²) in [7, 11) is 1.60. The first-order valence-corrected chi connectivity index (χ1v) is 10.1. The lowest BCUT2D eigenvalue weighted by Crippen LogP contribution is -2.34. The molecule has 3 aromatic rings. The maximum Gasteiger partial charge on any atom is 0.222 e. The van der Waals surface area contributed by atoms with Gasteiger partial charge >= 0.3 is 0 Å². The van der Waals surface area contributed by atoms with Gasteiger partial charge < -0.3 is 19.9 Å². The molecule has 2 amide bonds. The SMILES string of the molecule is CCn1c(C(C)NC(=O)CC(NC(C)=O)c2ccc(OC)cc2)nc2ccccc21. The predicted octanol–water partition coefficient (Wildman–Crippen LogP) is 3.51. The van der Waals surface area contributed by atoms with E-state index in [1.165, 1.54) is 6.92 Å². The average molecular weight is 409 g/mol. The summed E-state index contributed by atoms with van der Waals surface area (Å²) in [5.41, 5.74) is 2.80. The van der Waals surface area contributed by atoms with E-state index >= 15 is 0 Å². The second-order valence-electron chi connectivity index (χ2n) is 7.22. The van der Waals surface area contributed by atoms with Gasteiger partial charge in [-0.25, -0.2) is 4.98 Å². The molecule has 7 heteroatoms. The number of aryl methyl sites for hydroxylation is 1. The largest absolute Gasteiger partial charge is 0.497 e. The van der Waals surface area contributed by atoms with Crippen LogP contribution in [0.5, 0.6) is 5.75 Å². The van der Waals surface area contributed by atoms with Crippen molar-refractivity contribution in [2.45, 2.75) is 45.8 Å². The number of imidazole rings is 1. The van der Waals surface area contributed by atoms with E-state index in [1.807, 2.05) is 55.5 Å². The summed E-state index contributed by atoms with van der Waals surface area (Å²) in [6, 6.07) is 14.6. The van der Waals surface area contributed by atoms with Gasteiger partial charge in [-0.05, 0) is 43.7 Å². The summed E-state index contributed by atoms with van der Waals surface area (Å²) in [6.45, 7) is 6.19. The summed E-state index contributed by atoms with van der Waals surface area (Å²) in [5.74, 6) is 1.18. The Morgan fingerprint density at radius 3 is 2.43 bits per heavy atom. The number of carbonyl (C=O) groups is 2. The molecule has 2 unspecified atom stereocenters. The van der Waals surface area contributed by atoms with Gasteiger partial charge in [0.1, 0.15) is 11.6 Å². The van der Waals surface area contributed by atoms with Crippen LogP contribution in [0.4, 0.5) is 0 Å². The topological polar surface area (TPSA) is 85.2 Å². The lowest BCUT2D eigenvalue weighted by Gasteiger charge is -2.20. The number of hydrogen-bond donors (Lipinski definition) is 2. The van der Waals surface area contributed by atoms with Gasteiger partial charge in [-0.1, -0.05) is 24.3 Å². The van der Waals surface area contributed by atoms with E-state index in [0.29, 0.717) is 0 Å². The van der Waals surface area contributed by atoms with Gasteiger partial charge in [0.05, 0.1) is 36.6 Å². The Hall–Kier alpha value is -3.35. The monoisotopic (exact) mass is 408 g/mol. The molecule has 2 atom stereocenters. The Morgan fingerprint density at radius 1 is 1.10 bits per heavy atom. The molecular formula is C23H28N4O3. The van der Waals surface area contributed by atoms with Crippen LogP contribution in [-0.2, 0) is 16.1 Å². The number of rotatable bonds is 8. The van der Waals surface area contributed by atoms with Crippen molar-refractivity contribution >= 4 is 22.8 Å². The van der Waals surface area contributed by atoms with E-state index in [2.05, 4.69) is 22.1 Å². The first-order valence-electron chi connectivity index (χ1n) is 10.1. The maximum absolute atomic E-state index is 12.8. The van der Waals surface area contributed by atoms with Gasteiger partial charge in [-0.15, -0.1) is 0 Å². The number of carbonyl (C=O) groups excluding carboxylic acids is 2. The van der Waals surface area contributed by atoms with Crippen LogP contribution >= 0.6 is 0 Å². The zero-order chi connectivity index (χ0) is 21.7. The molecule has 0 aliphatic carbocycles. The van der Waals surface area contributed by atoms with Gasteiger partial charge in [0.25, 0.3) is 0 Å². The number of fused-ring (bicyclic) bond motifs is 1. The Labute approximate surface area is 176 Å². The van der Waals surface area contributed by atoms with Crippen molar-refractivity contribution in [3.63, 3.8) is 0 Å². The molecule has 2 aromatic carbocycles. The second-order valence-corrected chi connectivity index (χ2v) is 7.22. The zero-order valence-electron chi connectivity index (χ0n) is 17.8. The minimum atomic E-state index is -0.425. The Bertz CT molecular complexity index is 1030. The summed E-state index contributed by atoms with van der Waals surface area (Å²) < 4.78 is 7.29. The molecule has 1 aromatic heterocycles. The fourth-order valence-corrected chi connectivity index (χ4v) is 3.64. The standard InChI is InChI=1S/C23H28N4O3/c1-5-27-21-9-7-6-8-19(21)26-23(27)15(2)24-22(29)14-20(25-16(3)28)17-10-12-18(30-4)13-11-17/h6-13,15,20H,5,14H2,1-4H3,(H,24,29)(H,25,28). The Morgan fingerprint density at radius 2 is 1.80 bits per heavy atom. The van der Waals surface area contributed by atoms with Gasteiger partial charge in [-0.2, -0.15) is 0 Å². The number of aromatic nitrogens is 2. The van der Waals surface area contributed by atoms with E-state index in [-0.39, 0.29) is 24.3 Å². The molecule has 0 spiro atoms. The summed E-state index contributed by atoms with van der Waals surface area (Å²) >= 11 is 0. The third kappa shape index (κ3) is 4.79. The van der Waals surface area contributed by atoms with Crippen molar-refractivity contribution in [3.8, 4) is 5.75 Å². The van der Waals surface area contributed by atoms with Crippen molar-refractivity contribution in [3.05, 3.63) is 59.9 Å². The quantitative estimate of drug-likeness (QED) is 0.597. The van der Waals surface area contributed by atoms with Crippen LogP contribution in [0.15, 0.2) is 48.5 Å². The molecule has 0 saturated heterocycles. The van der Waals surface area contributed by atoms with Crippen LogP contribution in [0.25, 0.3) is 11.0 Å². The molecule has 1 heterocycles. The van der Waals surface area contributed by atoms with Crippen molar-refractivity contribution in [1.29, 1.82) is 0 Å². The van der Waals surface area contributed by atoms with Crippen LogP contribution in [-0.4, -0.2) is 28.5 Å². The number of ether oxygens (including phenoxy) is 1. The van der Waals surface area contributed by atoms with Gasteiger partial charge in [0.2, 0.25) is 11.8 Å². The van der Waals surface area contributed by atoms with E-state index in [1.54, 1.807) is 7.11 Å². The normalized spacial score (nSPS) is 12.9. The third-order valence-corrected chi connectivity index (χ3v) is 5.05. The summed E-state index contributed by atoms with van der Waals surface area (Å²) in [6.07, 6.45) is 0.128. The number of nitrogens with one attached hydrogen (secondary N) is 2. The molecule has 0 aliphatic rings. The average Bonchev–Trinajstić information content (AvgIpc) is 3.12. The minimum absolute atomic E-state index is 0.128. The molecule has 2 N–H and O–H groups in total. The lowest BCUT2D eigenvalue weighted by atomic mass is 10.0. The fraction of sp³-hybridized carbons (Fsp3) is 0.348. The number of nitrogens with zero attached hydrogens (tertiary/aromatic N) is 2. The molecule has 0 fully saturated rings. The van der Waals surface area contributed by atoms with E-state index in [9.17, 15) is 9.59 Å². The minimum Gasteiger partial charge on any atom is -0.497 e. The molecule has 158 valence electrons. The smallest absolute Gasteiger partial charge is 0.222 e. The number of benzene rings is 2. The number of methoxy groups -OCH3 is 1. The van der Waals surface area contributed by atoms with E-state index in [4.69, 9.17) is 9.72 Å². The third-order valence-electron chi connectivity index (χ3n) is 5.05. The fourth-order valence-electron chi connectivity index (χ4n) is 3.64. The van der Waals surface area contributed by atoms with Crippen LogP contribution in [0.2, 0.25) is 0 Å². The first kappa shape index (κ1) is 21.4. The molecule has 3 rings (SSSR count). The second kappa shape index (κ2) is 9.43. The highest BCUT2D eigenvalue weighted by atomic mass is 16.5. The molecule has 30 heavy (non-hydrogen) atoms. The predicted molar refractivity (Wildman–Crippen MR) is 116 cm³/mol. The number of amides is 2. The van der Waals surface area contributed by atoms with Crippen molar-refractivity contribution in [1.82, 2.24) is 20.2 Å². The highest BCUT2D eigenvalue weighted by Gasteiger charge is 2.21. The van der Waals surface area contributed by atoms with Crippen molar-refractivity contribution < 1.29 is 14.3 Å². The summed E-state index contributed by atoms with van der Waals surface area (Å²) in [4.78, 5) is 29.2. The maximum atomic E-state index is 12.8. The van der Waals surface area contributed by atoms with Crippen LogP contribution in [0.3, 0.4) is 0 Å². The first-order chi connectivity index (χ1) is 14.4.